The maximum absolute atomic E-state index is 8.96. The summed E-state index contributed by atoms with van der Waals surface area (Å²) in [5.41, 5.74) is 0. The maximum atomic E-state index is 8.96. The highest BCUT2D eigenvalue weighted by Crippen LogP contribution is 2.20. The van der Waals surface area contributed by atoms with Crippen LogP contribution >= 0.6 is 24.4 Å². The van der Waals surface area contributed by atoms with Gasteiger partial charge in [-0.1, -0.05) is 0 Å². The van der Waals surface area contributed by atoms with Crippen LogP contribution < -0.4 is 0 Å². The molecular weight excluding hydrogens is 176 g/mol. The number of phenolic OH excluding ortho intramolecular Hbond substituents is 1. The van der Waals surface area contributed by atoms with Crippen LogP contribution in [0.15, 0.2) is 29.2 Å². The van der Waals surface area contributed by atoms with E-state index in [1.165, 1.54) is 4.90 Å². The van der Waals surface area contributed by atoms with Crippen LogP contribution in [0.25, 0.3) is 0 Å². The zero-order chi connectivity index (χ0) is 8.10. The first-order valence-electron chi connectivity index (χ1n) is 3.35. The molecule has 0 bridgehead atoms. The Balaban J connectivity index is 2.52. The lowest BCUT2D eigenvalue weighted by molar-refractivity contribution is 0.475. The van der Waals surface area contributed by atoms with Gasteiger partial charge in [0.1, 0.15) is 5.75 Å². The van der Waals surface area contributed by atoms with Crippen LogP contribution in [0.3, 0.4) is 0 Å². The molecule has 11 heavy (non-hydrogen) atoms. The summed E-state index contributed by atoms with van der Waals surface area (Å²) in [5.74, 6) is 2.21. The summed E-state index contributed by atoms with van der Waals surface area (Å²) < 4.78 is 0. The average molecular weight is 186 g/mol. The fourth-order valence-corrected chi connectivity index (χ4v) is 1.64. The highest BCUT2D eigenvalue weighted by Gasteiger charge is 1.91. The van der Waals surface area contributed by atoms with Crippen molar-refractivity contribution in [1.82, 2.24) is 0 Å². The van der Waals surface area contributed by atoms with Gasteiger partial charge in [0, 0.05) is 10.6 Å². The fourth-order valence-electron chi connectivity index (χ4n) is 0.706. The van der Waals surface area contributed by atoms with E-state index in [0.717, 1.165) is 11.5 Å². The van der Waals surface area contributed by atoms with Crippen LogP contribution in [0.5, 0.6) is 5.75 Å². The van der Waals surface area contributed by atoms with Crippen LogP contribution in [0, 0.1) is 0 Å². The Morgan fingerprint density at radius 2 is 1.91 bits per heavy atom. The Bertz CT molecular complexity index is 208. The van der Waals surface area contributed by atoms with Gasteiger partial charge in [-0.15, -0.1) is 11.8 Å². The van der Waals surface area contributed by atoms with Crippen molar-refractivity contribution in [2.24, 2.45) is 0 Å². The number of aromatic hydroxyl groups is 1. The van der Waals surface area contributed by atoms with E-state index in [1.807, 2.05) is 12.1 Å². The summed E-state index contributed by atoms with van der Waals surface area (Å²) >= 11 is 5.84. The average Bonchev–Trinajstić information content (AvgIpc) is 2.04. The Kier molecular flexibility index (Phi) is 3.66. The molecule has 1 N–H and O–H groups in total. The highest BCUT2D eigenvalue weighted by molar-refractivity contribution is 8.00. The molecule has 1 rings (SSSR count). The molecule has 1 nitrogen and oxygen atoms in total. The van der Waals surface area contributed by atoms with Crippen molar-refractivity contribution in [2.75, 3.05) is 11.5 Å². The number of hydrogen-bond acceptors (Lipinski definition) is 3. The molecule has 0 aliphatic carbocycles. The lowest BCUT2D eigenvalue weighted by atomic mass is 10.3. The van der Waals surface area contributed by atoms with E-state index in [1.54, 1.807) is 23.9 Å². The number of rotatable bonds is 3. The fraction of sp³-hybridized carbons (Fsp3) is 0.250. The third-order valence-electron chi connectivity index (χ3n) is 1.20. The summed E-state index contributed by atoms with van der Waals surface area (Å²) in [6.45, 7) is 0. The van der Waals surface area contributed by atoms with Crippen LogP contribution in [0.2, 0.25) is 0 Å². The smallest absolute Gasteiger partial charge is 0.115 e. The van der Waals surface area contributed by atoms with E-state index in [-0.39, 0.29) is 0 Å². The molecule has 0 amide bonds. The third kappa shape index (κ3) is 3.08. The van der Waals surface area contributed by atoms with Crippen molar-refractivity contribution < 1.29 is 5.11 Å². The minimum Gasteiger partial charge on any atom is -0.508 e. The van der Waals surface area contributed by atoms with Crippen LogP contribution in [0.4, 0.5) is 0 Å². The Hall–Kier alpha value is -0.280. The molecule has 0 heterocycles. The van der Waals surface area contributed by atoms with Gasteiger partial charge < -0.3 is 5.11 Å². The minimum absolute atomic E-state index is 0.320. The van der Waals surface area contributed by atoms with Crippen molar-refractivity contribution in [3.8, 4) is 5.75 Å². The second kappa shape index (κ2) is 4.57. The lowest BCUT2D eigenvalue weighted by Gasteiger charge is -1.98. The van der Waals surface area contributed by atoms with Gasteiger partial charge in [0.05, 0.1) is 0 Å². The molecule has 0 aliphatic heterocycles. The molecule has 0 saturated heterocycles. The highest BCUT2D eigenvalue weighted by atomic mass is 32.2. The zero-order valence-electron chi connectivity index (χ0n) is 6.03. The number of benzene rings is 1. The molecule has 0 atom stereocenters. The van der Waals surface area contributed by atoms with E-state index in [4.69, 9.17) is 5.11 Å². The van der Waals surface area contributed by atoms with Crippen molar-refractivity contribution in [2.45, 2.75) is 4.90 Å². The minimum atomic E-state index is 0.320. The third-order valence-corrected chi connectivity index (χ3v) is 2.74. The molecule has 1 aromatic carbocycles. The van der Waals surface area contributed by atoms with Crippen LogP contribution in [-0.4, -0.2) is 16.6 Å². The topological polar surface area (TPSA) is 20.2 Å². The van der Waals surface area contributed by atoms with E-state index < -0.39 is 0 Å². The molecule has 0 spiro atoms. The number of phenols is 1. The molecule has 1 aromatic rings. The first-order valence-corrected chi connectivity index (χ1v) is 4.97. The van der Waals surface area contributed by atoms with E-state index >= 15 is 0 Å². The second-order valence-corrected chi connectivity index (χ2v) is 3.68. The number of hydrogen-bond donors (Lipinski definition) is 2. The van der Waals surface area contributed by atoms with Gasteiger partial charge in [0.2, 0.25) is 0 Å². The van der Waals surface area contributed by atoms with E-state index in [9.17, 15) is 0 Å². The van der Waals surface area contributed by atoms with Gasteiger partial charge in [-0.2, -0.15) is 12.6 Å². The Labute approximate surface area is 76.2 Å². The Morgan fingerprint density at radius 1 is 1.27 bits per heavy atom. The quantitative estimate of drug-likeness (QED) is 0.558. The Morgan fingerprint density at radius 3 is 2.45 bits per heavy atom. The maximum Gasteiger partial charge on any atom is 0.115 e. The summed E-state index contributed by atoms with van der Waals surface area (Å²) in [6, 6.07) is 7.20. The van der Waals surface area contributed by atoms with Gasteiger partial charge in [-0.05, 0) is 30.0 Å². The van der Waals surface area contributed by atoms with Gasteiger partial charge in [0.25, 0.3) is 0 Å². The summed E-state index contributed by atoms with van der Waals surface area (Å²) in [6.07, 6.45) is 0. The predicted octanol–water partition coefficient (Wildman–Crippen LogP) is 2.41. The van der Waals surface area contributed by atoms with Gasteiger partial charge in [0.15, 0.2) is 0 Å². The van der Waals surface area contributed by atoms with Crippen molar-refractivity contribution in [3.05, 3.63) is 24.3 Å². The molecule has 0 aromatic heterocycles. The van der Waals surface area contributed by atoms with Gasteiger partial charge >= 0.3 is 0 Å². The summed E-state index contributed by atoms with van der Waals surface area (Å²) in [4.78, 5) is 1.18. The molecule has 0 radical (unpaired) electrons. The first-order chi connectivity index (χ1) is 5.33. The number of thiol groups is 1. The molecule has 0 unspecified atom stereocenters. The van der Waals surface area contributed by atoms with Crippen molar-refractivity contribution in [3.63, 3.8) is 0 Å². The zero-order valence-corrected chi connectivity index (χ0v) is 7.74. The van der Waals surface area contributed by atoms with Crippen LogP contribution in [-0.2, 0) is 0 Å². The molecule has 0 aliphatic rings. The summed E-state index contributed by atoms with van der Waals surface area (Å²) in [5, 5.41) is 8.96. The standard InChI is InChI=1S/C8H10OS2/c9-7-1-3-8(4-2-7)11-6-5-10/h1-4,9-10H,5-6H2. The second-order valence-electron chi connectivity index (χ2n) is 2.07. The van der Waals surface area contributed by atoms with Crippen molar-refractivity contribution in [1.29, 1.82) is 0 Å². The van der Waals surface area contributed by atoms with Gasteiger partial charge in [-0.25, -0.2) is 0 Å². The number of thioether (sulfide) groups is 1. The molecular formula is C8H10OS2. The monoisotopic (exact) mass is 186 g/mol. The lowest BCUT2D eigenvalue weighted by Crippen LogP contribution is -1.78. The predicted molar refractivity (Wildman–Crippen MR) is 52.7 cm³/mol. The van der Waals surface area contributed by atoms with E-state index in [2.05, 4.69) is 12.6 Å². The molecule has 0 fully saturated rings. The van der Waals surface area contributed by atoms with Gasteiger partial charge in [-0.3, -0.25) is 0 Å². The van der Waals surface area contributed by atoms with E-state index in [0.29, 0.717) is 5.75 Å². The molecule has 0 saturated carbocycles. The normalized spacial score (nSPS) is 9.91. The largest absolute Gasteiger partial charge is 0.508 e. The first kappa shape index (κ1) is 8.81. The SMILES string of the molecule is Oc1ccc(SCCS)cc1. The summed E-state index contributed by atoms with van der Waals surface area (Å²) in [7, 11) is 0. The van der Waals surface area contributed by atoms with Crippen molar-refractivity contribution >= 4 is 24.4 Å². The molecule has 60 valence electrons. The van der Waals surface area contributed by atoms with Crippen LogP contribution in [0.1, 0.15) is 0 Å². The molecule has 3 heteroatoms.